The van der Waals surface area contributed by atoms with Crippen LogP contribution in [0.4, 0.5) is 0 Å². The fraction of sp³-hybridized carbons (Fsp3) is 0.412. The standard InChI is InChI=1S/C17H22N4O2/c1-10-5-7-15(18-9-10)13(4)19-16(22)8-6-14-11(2)20-17(23)21-12(14)3/h5,7,9,13H,6,8H2,1-4H3,(H,19,22)(H,20,21,23)/t13-/m1/s1. The van der Waals surface area contributed by atoms with Gasteiger partial charge in [0.05, 0.1) is 11.7 Å². The van der Waals surface area contributed by atoms with Crippen molar-refractivity contribution in [3.05, 3.63) is 57.0 Å². The zero-order valence-corrected chi connectivity index (χ0v) is 13.9. The minimum atomic E-state index is -0.354. The van der Waals surface area contributed by atoms with Crippen LogP contribution in [0.25, 0.3) is 0 Å². The molecule has 2 rings (SSSR count). The summed E-state index contributed by atoms with van der Waals surface area (Å²) in [6, 6.07) is 3.75. The highest BCUT2D eigenvalue weighted by Crippen LogP contribution is 2.12. The van der Waals surface area contributed by atoms with Crippen molar-refractivity contribution in [2.75, 3.05) is 0 Å². The number of aromatic amines is 1. The topological polar surface area (TPSA) is 87.7 Å². The van der Waals surface area contributed by atoms with E-state index in [9.17, 15) is 9.59 Å². The number of carbonyl (C=O) groups excluding carboxylic acids is 1. The van der Waals surface area contributed by atoms with Crippen LogP contribution in [0, 0.1) is 20.8 Å². The molecule has 0 saturated heterocycles. The van der Waals surface area contributed by atoms with Crippen molar-refractivity contribution in [2.24, 2.45) is 0 Å². The third-order valence-corrected chi connectivity index (χ3v) is 3.81. The first-order valence-electron chi connectivity index (χ1n) is 7.65. The van der Waals surface area contributed by atoms with E-state index in [4.69, 9.17) is 0 Å². The van der Waals surface area contributed by atoms with Crippen LogP contribution in [0.1, 0.15) is 47.6 Å². The lowest BCUT2D eigenvalue weighted by Gasteiger charge is -2.14. The number of nitrogens with one attached hydrogen (secondary N) is 2. The zero-order valence-electron chi connectivity index (χ0n) is 13.9. The van der Waals surface area contributed by atoms with E-state index in [-0.39, 0.29) is 17.6 Å². The highest BCUT2D eigenvalue weighted by Gasteiger charge is 2.12. The molecule has 0 aliphatic heterocycles. The first kappa shape index (κ1) is 16.9. The van der Waals surface area contributed by atoms with E-state index >= 15 is 0 Å². The van der Waals surface area contributed by atoms with Gasteiger partial charge in [0.1, 0.15) is 0 Å². The Morgan fingerprint density at radius 2 is 2.04 bits per heavy atom. The van der Waals surface area contributed by atoms with Crippen molar-refractivity contribution in [1.29, 1.82) is 0 Å². The Kier molecular flexibility index (Phi) is 5.26. The maximum absolute atomic E-state index is 12.1. The Morgan fingerprint density at radius 1 is 1.30 bits per heavy atom. The number of pyridine rings is 1. The van der Waals surface area contributed by atoms with Gasteiger partial charge in [0.25, 0.3) is 0 Å². The quantitative estimate of drug-likeness (QED) is 0.882. The summed E-state index contributed by atoms with van der Waals surface area (Å²) in [5, 5.41) is 2.94. The van der Waals surface area contributed by atoms with E-state index in [1.54, 1.807) is 13.1 Å². The molecule has 0 bridgehead atoms. The molecule has 2 aromatic rings. The molecule has 6 nitrogen and oxygen atoms in total. The largest absolute Gasteiger partial charge is 0.348 e. The Hall–Kier alpha value is -2.50. The van der Waals surface area contributed by atoms with E-state index in [0.29, 0.717) is 18.5 Å². The van der Waals surface area contributed by atoms with Crippen molar-refractivity contribution in [1.82, 2.24) is 20.3 Å². The zero-order chi connectivity index (χ0) is 17.0. The van der Waals surface area contributed by atoms with Gasteiger partial charge < -0.3 is 10.3 Å². The third-order valence-electron chi connectivity index (χ3n) is 3.81. The van der Waals surface area contributed by atoms with Crippen molar-refractivity contribution < 1.29 is 4.79 Å². The number of amides is 1. The number of nitrogens with zero attached hydrogens (tertiary/aromatic N) is 2. The minimum absolute atomic E-state index is 0.0510. The van der Waals surface area contributed by atoms with Crippen molar-refractivity contribution in [2.45, 2.75) is 46.6 Å². The molecule has 0 fully saturated rings. The molecule has 0 radical (unpaired) electrons. The molecule has 0 spiro atoms. The Morgan fingerprint density at radius 3 is 2.65 bits per heavy atom. The summed E-state index contributed by atoms with van der Waals surface area (Å²) < 4.78 is 0. The molecule has 0 aromatic carbocycles. The molecule has 0 aliphatic rings. The van der Waals surface area contributed by atoms with Crippen molar-refractivity contribution in [3.8, 4) is 0 Å². The van der Waals surface area contributed by atoms with E-state index in [0.717, 1.165) is 22.5 Å². The van der Waals surface area contributed by atoms with Gasteiger partial charge in [-0.15, -0.1) is 0 Å². The average molecular weight is 314 g/mol. The van der Waals surface area contributed by atoms with Gasteiger partial charge in [-0.1, -0.05) is 6.07 Å². The SMILES string of the molecule is Cc1ccc([C@@H](C)NC(=O)CCc2c(C)nc(=O)[nH]c2C)nc1. The summed E-state index contributed by atoms with van der Waals surface area (Å²) in [7, 11) is 0. The molecule has 0 aliphatic carbocycles. The highest BCUT2D eigenvalue weighted by atomic mass is 16.1. The van der Waals surface area contributed by atoms with Gasteiger partial charge in [-0.2, -0.15) is 4.98 Å². The molecule has 6 heteroatoms. The lowest BCUT2D eigenvalue weighted by atomic mass is 10.1. The van der Waals surface area contributed by atoms with E-state index in [2.05, 4.69) is 20.3 Å². The van der Waals surface area contributed by atoms with Gasteiger partial charge in [-0.25, -0.2) is 4.79 Å². The van der Waals surface area contributed by atoms with Crippen LogP contribution in [0.15, 0.2) is 23.1 Å². The summed E-state index contributed by atoms with van der Waals surface area (Å²) in [6.07, 6.45) is 2.67. The number of carbonyl (C=O) groups is 1. The molecular formula is C17H22N4O2. The number of hydrogen-bond donors (Lipinski definition) is 2. The van der Waals surface area contributed by atoms with Crippen LogP contribution in [0.3, 0.4) is 0 Å². The number of H-pyrrole nitrogens is 1. The summed E-state index contributed by atoms with van der Waals surface area (Å²) in [5.74, 6) is -0.0510. The number of aryl methyl sites for hydroxylation is 3. The van der Waals surface area contributed by atoms with Crippen molar-refractivity contribution in [3.63, 3.8) is 0 Å². The molecule has 2 aromatic heterocycles. The van der Waals surface area contributed by atoms with Gasteiger partial charge >= 0.3 is 5.69 Å². The second-order valence-electron chi connectivity index (χ2n) is 5.78. The molecule has 0 unspecified atom stereocenters. The van der Waals surface area contributed by atoms with Crippen LogP contribution >= 0.6 is 0 Å². The number of aromatic nitrogens is 3. The number of hydrogen-bond acceptors (Lipinski definition) is 4. The maximum atomic E-state index is 12.1. The van der Waals surface area contributed by atoms with E-state index in [1.165, 1.54) is 0 Å². The molecule has 122 valence electrons. The first-order valence-corrected chi connectivity index (χ1v) is 7.65. The van der Waals surface area contributed by atoms with Gasteiger partial charge in [-0.05, 0) is 51.3 Å². The van der Waals surface area contributed by atoms with Gasteiger partial charge in [0.2, 0.25) is 5.91 Å². The third kappa shape index (κ3) is 4.48. The van der Waals surface area contributed by atoms with Gasteiger partial charge in [-0.3, -0.25) is 9.78 Å². The second-order valence-corrected chi connectivity index (χ2v) is 5.78. The van der Waals surface area contributed by atoms with Crippen LogP contribution in [0.5, 0.6) is 0 Å². The second kappa shape index (κ2) is 7.17. The molecule has 23 heavy (non-hydrogen) atoms. The molecule has 2 heterocycles. The normalized spacial score (nSPS) is 12.0. The highest BCUT2D eigenvalue weighted by molar-refractivity contribution is 5.76. The first-order chi connectivity index (χ1) is 10.9. The fourth-order valence-electron chi connectivity index (χ4n) is 2.48. The average Bonchev–Trinajstić information content (AvgIpc) is 2.46. The predicted octanol–water partition coefficient (Wildman–Crippen LogP) is 1.90. The summed E-state index contributed by atoms with van der Waals surface area (Å²) in [4.78, 5) is 34.3. The molecule has 0 saturated carbocycles. The summed E-state index contributed by atoms with van der Waals surface area (Å²) in [5.41, 5.74) is 3.93. The lowest BCUT2D eigenvalue weighted by molar-refractivity contribution is -0.121. The molecule has 2 N–H and O–H groups in total. The van der Waals surface area contributed by atoms with Crippen LogP contribution in [-0.2, 0) is 11.2 Å². The Labute approximate surface area is 135 Å². The molecular weight excluding hydrogens is 292 g/mol. The smallest absolute Gasteiger partial charge is 0.345 e. The van der Waals surface area contributed by atoms with E-state index in [1.807, 2.05) is 32.9 Å². The van der Waals surface area contributed by atoms with Crippen LogP contribution < -0.4 is 11.0 Å². The predicted molar refractivity (Wildman–Crippen MR) is 88.2 cm³/mol. The van der Waals surface area contributed by atoms with Gasteiger partial charge in [0.15, 0.2) is 0 Å². The minimum Gasteiger partial charge on any atom is -0.348 e. The van der Waals surface area contributed by atoms with Crippen LogP contribution in [0.2, 0.25) is 0 Å². The van der Waals surface area contributed by atoms with E-state index < -0.39 is 0 Å². The summed E-state index contributed by atoms with van der Waals surface area (Å²) >= 11 is 0. The number of rotatable bonds is 5. The van der Waals surface area contributed by atoms with Gasteiger partial charge in [0, 0.05) is 24.0 Å². The monoisotopic (exact) mass is 314 g/mol. The molecule has 1 amide bonds. The van der Waals surface area contributed by atoms with Crippen molar-refractivity contribution >= 4 is 5.91 Å². The Bertz CT molecular complexity index is 724. The Balaban J connectivity index is 1.95. The maximum Gasteiger partial charge on any atom is 0.345 e. The summed E-state index contributed by atoms with van der Waals surface area (Å²) in [6.45, 7) is 7.49. The lowest BCUT2D eigenvalue weighted by Crippen LogP contribution is -2.27. The molecule has 1 atom stereocenters. The fourth-order valence-corrected chi connectivity index (χ4v) is 2.48. The van der Waals surface area contributed by atoms with Crippen LogP contribution in [-0.4, -0.2) is 20.9 Å².